The van der Waals surface area contributed by atoms with Gasteiger partial charge in [-0.15, -0.1) is 0 Å². The Balaban J connectivity index is 1.33. The van der Waals surface area contributed by atoms with Gasteiger partial charge in [-0.1, -0.05) is 0 Å². The standard InChI is InChI=1S/C22H25F2N9O2/c1-30-4-2-3-17(30)22(35)32-7-5-31(6-8-32)18-14(23)10-26-11-16(18)28-21(34)13-9-27-33-12-15(24)19(25)29-20(13)33/h9-12,17H,2-8H2,1H3,(H2,25,29)(H,28,34). The van der Waals surface area contributed by atoms with Crippen LogP contribution in [0.3, 0.4) is 0 Å². The van der Waals surface area contributed by atoms with Crippen molar-refractivity contribution in [2.45, 2.75) is 18.9 Å². The van der Waals surface area contributed by atoms with Crippen LogP contribution < -0.4 is 16.0 Å². The molecular weight excluding hydrogens is 460 g/mol. The van der Waals surface area contributed by atoms with E-state index in [1.807, 2.05) is 11.9 Å². The molecule has 0 aromatic carbocycles. The van der Waals surface area contributed by atoms with Crippen molar-refractivity contribution in [3.63, 3.8) is 0 Å². The second-order valence-electron chi connectivity index (χ2n) is 8.72. The number of hydrogen-bond acceptors (Lipinski definition) is 8. The lowest BCUT2D eigenvalue weighted by Gasteiger charge is -2.38. The molecule has 3 N–H and O–H groups in total. The van der Waals surface area contributed by atoms with Crippen molar-refractivity contribution in [2.24, 2.45) is 0 Å². The van der Waals surface area contributed by atoms with Gasteiger partial charge < -0.3 is 20.9 Å². The number of nitrogens with two attached hydrogens (primary N) is 1. The van der Waals surface area contributed by atoms with Crippen LogP contribution >= 0.6 is 0 Å². The number of nitrogens with one attached hydrogen (secondary N) is 1. The van der Waals surface area contributed by atoms with Gasteiger partial charge in [0, 0.05) is 26.2 Å². The minimum absolute atomic E-state index is 0.0445. The van der Waals surface area contributed by atoms with E-state index in [1.165, 1.54) is 12.4 Å². The summed E-state index contributed by atoms with van der Waals surface area (Å²) in [4.78, 5) is 39.3. The molecule has 35 heavy (non-hydrogen) atoms. The molecule has 1 atom stereocenters. The third-order valence-electron chi connectivity index (χ3n) is 6.55. The molecule has 0 radical (unpaired) electrons. The first-order valence-electron chi connectivity index (χ1n) is 11.3. The molecule has 1 unspecified atom stereocenters. The van der Waals surface area contributed by atoms with Gasteiger partial charge in [-0.05, 0) is 26.4 Å². The monoisotopic (exact) mass is 485 g/mol. The highest BCUT2D eigenvalue weighted by Gasteiger charge is 2.33. The molecule has 5 rings (SSSR count). The van der Waals surface area contributed by atoms with Gasteiger partial charge in [-0.3, -0.25) is 19.5 Å². The smallest absolute Gasteiger partial charge is 0.261 e. The van der Waals surface area contributed by atoms with Gasteiger partial charge in [0.25, 0.3) is 5.91 Å². The normalized spacial score (nSPS) is 18.9. The Kier molecular flexibility index (Phi) is 5.93. The average molecular weight is 485 g/mol. The minimum atomic E-state index is -0.763. The lowest BCUT2D eigenvalue weighted by molar-refractivity contribution is -0.135. The Labute approximate surface area is 199 Å². The molecule has 0 spiro atoms. The fourth-order valence-electron chi connectivity index (χ4n) is 4.68. The van der Waals surface area contributed by atoms with Crippen molar-refractivity contribution in [1.82, 2.24) is 29.4 Å². The Morgan fingerprint density at radius 3 is 2.57 bits per heavy atom. The summed E-state index contributed by atoms with van der Waals surface area (Å²) in [5.41, 5.74) is 6.00. The van der Waals surface area contributed by atoms with Gasteiger partial charge in [-0.25, -0.2) is 18.3 Å². The SMILES string of the molecule is CN1CCCC1C(=O)N1CCN(c2c(F)cncc2NC(=O)c2cnn3cc(F)c(N)nc23)CC1. The van der Waals surface area contributed by atoms with E-state index in [1.54, 1.807) is 4.90 Å². The molecule has 3 aromatic rings. The lowest BCUT2D eigenvalue weighted by Crippen LogP contribution is -2.53. The van der Waals surface area contributed by atoms with Crippen molar-refractivity contribution in [3.05, 3.63) is 42.0 Å². The van der Waals surface area contributed by atoms with Gasteiger partial charge in [0.2, 0.25) is 5.91 Å². The number of piperazine rings is 1. The van der Waals surface area contributed by atoms with Gasteiger partial charge in [0.1, 0.15) is 11.3 Å². The highest BCUT2D eigenvalue weighted by Crippen LogP contribution is 2.30. The van der Waals surface area contributed by atoms with E-state index in [0.717, 1.165) is 36.3 Å². The molecule has 0 saturated carbocycles. The zero-order chi connectivity index (χ0) is 24.7. The van der Waals surface area contributed by atoms with Gasteiger partial charge in [0.05, 0.1) is 36.5 Å². The number of fused-ring (bicyclic) bond motifs is 1. The first kappa shape index (κ1) is 22.9. The number of pyridine rings is 1. The summed E-state index contributed by atoms with van der Waals surface area (Å²) in [6.07, 6.45) is 6.54. The molecule has 184 valence electrons. The summed E-state index contributed by atoms with van der Waals surface area (Å²) in [5, 5.41) is 6.60. The quantitative estimate of drug-likeness (QED) is 0.560. The van der Waals surface area contributed by atoms with E-state index in [2.05, 4.69) is 25.3 Å². The highest BCUT2D eigenvalue weighted by molar-refractivity contribution is 6.09. The first-order valence-corrected chi connectivity index (χ1v) is 11.3. The summed E-state index contributed by atoms with van der Waals surface area (Å²) < 4.78 is 29.7. The van der Waals surface area contributed by atoms with Crippen molar-refractivity contribution < 1.29 is 18.4 Å². The van der Waals surface area contributed by atoms with Crippen LogP contribution in [0.5, 0.6) is 0 Å². The average Bonchev–Trinajstić information content (AvgIpc) is 3.45. The molecule has 2 fully saturated rings. The van der Waals surface area contributed by atoms with Crippen LogP contribution in [0.15, 0.2) is 24.8 Å². The van der Waals surface area contributed by atoms with Crippen LogP contribution in [-0.2, 0) is 4.79 Å². The number of likely N-dealkylation sites (N-methyl/N-ethyl adjacent to an activating group) is 1. The fraction of sp³-hybridized carbons (Fsp3) is 0.409. The second-order valence-corrected chi connectivity index (χ2v) is 8.72. The molecule has 11 nitrogen and oxygen atoms in total. The number of nitrogen functional groups attached to an aromatic ring is 1. The number of aromatic nitrogens is 4. The molecule has 5 heterocycles. The number of anilines is 3. The topological polar surface area (TPSA) is 125 Å². The van der Waals surface area contributed by atoms with Crippen LogP contribution in [0.1, 0.15) is 23.2 Å². The number of amides is 2. The fourth-order valence-corrected chi connectivity index (χ4v) is 4.68. The maximum Gasteiger partial charge on any atom is 0.261 e. The van der Waals surface area contributed by atoms with Crippen LogP contribution in [0.2, 0.25) is 0 Å². The van der Waals surface area contributed by atoms with Crippen LogP contribution in [0.4, 0.5) is 26.0 Å². The number of carbonyl (C=O) groups is 2. The number of carbonyl (C=O) groups excluding carboxylic acids is 2. The molecule has 2 saturated heterocycles. The second kappa shape index (κ2) is 9.06. The number of rotatable bonds is 4. The summed E-state index contributed by atoms with van der Waals surface area (Å²) in [6.45, 7) is 2.60. The van der Waals surface area contributed by atoms with Crippen LogP contribution in [-0.4, -0.2) is 87.0 Å². The van der Waals surface area contributed by atoms with Crippen LogP contribution in [0.25, 0.3) is 5.65 Å². The summed E-state index contributed by atoms with van der Waals surface area (Å²) in [7, 11) is 1.96. The number of halogens is 2. The highest BCUT2D eigenvalue weighted by atomic mass is 19.1. The van der Waals surface area contributed by atoms with E-state index in [9.17, 15) is 18.4 Å². The largest absolute Gasteiger partial charge is 0.381 e. The maximum absolute atomic E-state index is 14.9. The third-order valence-corrected chi connectivity index (χ3v) is 6.55. The molecule has 3 aromatic heterocycles. The summed E-state index contributed by atoms with van der Waals surface area (Å²) in [6, 6.07) is -0.101. The van der Waals surface area contributed by atoms with E-state index in [0.29, 0.717) is 26.2 Å². The summed E-state index contributed by atoms with van der Waals surface area (Å²) >= 11 is 0. The molecule has 0 bridgehead atoms. The minimum Gasteiger partial charge on any atom is -0.381 e. The van der Waals surface area contributed by atoms with Gasteiger partial charge >= 0.3 is 0 Å². The van der Waals surface area contributed by atoms with Crippen molar-refractivity contribution in [1.29, 1.82) is 0 Å². The summed E-state index contributed by atoms with van der Waals surface area (Å²) in [5.74, 6) is -2.24. The van der Waals surface area contributed by atoms with Crippen molar-refractivity contribution >= 4 is 34.7 Å². The first-order chi connectivity index (χ1) is 16.8. The third kappa shape index (κ3) is 4.22. The predicted molar refractivity (Wildman–Crippen MR) is 124 cm³/mol. The number of nitrogens with zero attached hydrogens (tertiary/aromatic N) is 7. The zero-order valence-electron chi connectivity index (χ0n) is 19.1. The molecule has 2 amide bonds. The molecule has 13 heteroatoms. The van der Waals surface area contributed by atoms with Crippen LogP contribution in [0, 0.1) is 11.6 Å². The van der Waals surface area contributed by atoms with Gasteiger partial charge in [-0.2, -0.15) is 5.10 Å². The Bertz CT molecular complexity index is 1290. The van der Waals surface area contributed by atoms with Crippen molar-refractivity contribution in [2.75, 3.05) is 55.7 Å². The van der Waals surface area contributed by atoms with E-state index < -0.39 is 17.5 Å². The maximum atomic E-state index is 14.9. The molecule has 2 aliphatic heterocycles. The van der Waals surface area contributed by atoms with E-state index >= 15 is 0 Å². The lowest BCUT2D eigenvalue weighted by atomic mass is 10.1. The zero-order valence-corrected chi connectivity index (χ0v) is 19.1. The Morgan fingerprint density at radius 2 is 1.86 bits per heavy atom. The Hall–Kier alpha value is -3.87. The van der Waals surface area contributed by atoms with Crippen molar-refractivity contribution in [3.8, 4) is 0 Å². The van der Waals surface area contributed by atoms with E-state index in [4.69, 9.17) is 5.73 Å². The van der Waals surface area contributed by atoms with E-state index in [-0.39, 0.29) is 40.4 Å². The van der Waals surface area contributed by atoms with Gasteiger partial charge in [0.15, 0.2) is 23.1 Å². The molecular formula is C22H25F2N9O2. The Morgan fingerprint density at radius 1 is 1.09 bits per heavy atom. The molecule has 2 aliphatic rings. The number of likely N-dealkylation sites (tertiary alicyclic amines) is 1. The molecule has 0 aliphatic carbocycles. The predicted octanol–water partition coefficient (Wildman–Crippen LogP) is 0.980. The number of hydrogen-bond donors (Lipinski definition) is 2.